The molecule has 0 amide bonds. The highest BCUT2D eigenvalue weighted by Gasteiger charge is 2.39. The molecule has 2 saturated heterocycles. The molecule has 0 saturated carbocycles. The molecule has 1 aromatic carbocycles. The molecule has 2 fully saturated rings. The van der Waals surface area contributed by atoms with E-state index in [1.807, 2.05) is 0 Å². The van der Waals surface area contributed by atoms with Crippen molar-refractivity contribution in [2.24, 2.45) is 5.73 Å². The van der Waals surface area contributed by atoms with Crippen LogP contribution in [0.15, 0.2) is 24.3 Å². The molecule has 0 radical (unpaired) electrons. The minimum Gasteiger partial charge on any atom is -0.393 e. The van der Waals surface area contributed by atoms with Crippen LogP contribution in [0.2, 0.25) is 0 Å². The molecule has 92 valence electrons. The third kappa shape index (κ3) is 1.94. The zero-order chi connectivity index (χ0) is 11.8. The van der Waals surface area contributed by atoms with E-state index in [-0.39, 0.29) is 6.10 Å². The molecule has 0 aromatic heterocycles. The van der Waals surface area contributed by atoms with Crippen molar-refractivity contribution >= 4 is 5.69 Å². The van der Waals surface area contributed by atoms with Gasteiger partial charge in [-0.2, -0.15) is 0 Å². The number of aliphatic hydroxyl groups excluding tert-OH is 1. The van der Waals surface area contributed by atoms with E-state index in [0.29, 0.717) is 18.6 Å². The Morgan fingerprint density at radius 3 is 2.24 bits per heavy atom. The van der Waals surface area contributed by atoms with Crippen LogP contribution in [-0.4, -0.2) is 23.3 Å². The van der Waals surface area contributed by atoms with Gasteiger partial charge in [0, 0.05) is 24.3 Å². The number of piperidine rings is 1. The number of nitrogens with zero attached hydrogens (tertiary/aromatic N) is 1. The Morgan fingerprint density at radius 2 is 1.71 bits per heavy atom. The topological polar surface area (TPSA) is 49.5 Å². The van der Waals surface area contributed by atoms with Crippen LogP contribution >= 0.6 is 0 Å². The lowest BCUT2D eigenvalue weighted by Crippen LogP contribution is -2.44. The zero-order valence-corrected chi connectivity index (χ0v) is 10.0. The molecule has 2 aliphatic heterocycles. The minimum absolute atomic E-state index is 0.0907. The van der Waals surface area contributed by atoms with Gasteiger partial charge < -0.3 is 15.7 Å². The van der Waals surface area contributed by atoms with Crippen LogP contribution < -0.4 is 10.6 Å². The summed E-state index contributed by atoms with van der Waals surface area (Å²) in [6, 6.07) is 9.63. The Bertz CT molecular complexity index is 376. The second-order valence-corrected chi connectivity index (χ2v) is 5.29. The van der Waals surface area contributed by atoms with E-state index in [0.717, 1.165) is 12.8 Å². The Balaban J connectivity index is 1.84. The van der Waals surface area contributed by atoms with Crippen LogP contribution in [0.4, 0.5) is 5.69 Å². The van der Waals surface area contributed by atoms with E-state index in [1.165, 1.54) is 24.1 Å². The quantitative estimate of drug-likeness (QED) is 0.815. The molecular formula is C14H20N2O. The molecule has 1 aromatic rings. The van der Waals surface area contributed by atoms with Gasteiger partial charge in [-0.15, -0.1) is 0 Å². The van der Waals surface area contributed by atoms with Crippen molar-refractivity contribution in [3.05, 3.63) is 29.8 Å². The van der Waals surface area contributed by atoms with Crippen molar-refractivity contribution in [2.45, 2.75) is 50.4 Å². The Kier molecular flexibility index (Phi) is 2.81. The SMILES string of the molecule is NCc1ccc(N2C3CCC2CC(O)C3)cc1. The smallest absolute Gasteiger partial charge is 0.0579 e. The average molecular weight is 232 g/mol. The summed E-state index contributed by atoms with van der Waals surface area (Å²) in [6.45, 7) is 0.603. The first-order valence-electron chi connectivity index (χ1n) is 6.53. The first-order valence-corrected chi connectivity index (χ1v) is 6.53. The number of hydrogen-bond acceptors (Lipinski definition) is 3. The summed E-state index contributed by atoms with van der Waals surface area (Å²) in [5, 5.41) is 9.79. The van der Waals surface area contributed by atoms with Crippen LogP contribution in [0.5, 0.6) is 0 Å². The van der Waals surface area contributed by atoms with Gasteiger partial charge in [0.2, 0.25) is 0 Å². The predicted octanol–water partition coefficient (Wildman–Crippen LogP) is 1.64. The second kappa shape index (κ2) is 4.31. The molecule has 2 bridgehead atoms. The third-order valence-corrected chi connectivity index (χ3v) is 4.18. The second-order valence-electron chi connectivity index (χ2n) is 5.29. The van der Waals surface area contributed by atoms with Gasteiger partial charge >= 0.3 is 0 Å². The summed E-state index contributed by atoms with van der Waals surface area (Å²) in [6.07, 6.45) is 4.21. The van der Waals surface area contributed by atoms with Gasteiger partial charge in [-0.25, -0.2) is 0 Å². The first-order chi connectivity index (χ1) is 8.28. The van der Waals surface area contributed by atoms with Crippen molar-refractivity contribution in [2.75, 3.05) is 4.90 Å². The molecule has 17 heavy (non-hydrogen) atoms. The van der Waals surface area contributed by atoms with Gasteiger partial charge in [-0.1, -0.05) is 12.1 Å². The lowest BCUT2D eigenvalue weighted by Gasteiger charge is -2.39. The molecule has 2 aliphatic rings. The summed E-state index contributed by atoms with van der Waals surface area (Å²) < 4.78 is 0. The maximum absolute atomic E-state index is 9.79. The highest BCUT2D eigenvalue weighted by Crippen LogP contribution is 2.39. The standard InChI is InChI=1S/C14H20N2O/c15-9-10-1-3-11(4-2-10)16-12-5-6-13(16)8-14(17)7-12/h1-4,12-14,17H,5-9,15H2. The van der Waals surface area contributed by atoms with Crippen molar-refractivity contribution in [3.8, 4) is 0 Å². The van der Waals surface area contributed by atoms with Crippen LogP contribution in [0.1, 0.15) is 31.2 Å². The van der Waals surface area contributed by atoms with E-state index in [4.69, 9.17) is 5.73 Å². The molecule has 2 atom stereocenters. The van der Waals surface area contributed by atoms with Crippen molar-refractivity contribution < 1.29 is 5.11 Å². The average Bonchev–Trinajstić information content (AvgIpc) is 2.62. The summed E-state index contributed by atoms with van der Waals surface area (Å²) in [7, 11) is 0. The number of rotatable bonds is 2. The van der Waals surface area contributed by atoms with Gasteiger partial charge in [0.15, 0.2) is 0 Å². The molecule has 3 rings (SSSR count). The largest absolute Gasteiger partial charge is 0.393 e. The van der Waals surface area contributed by atoms with Gasteiger partial charge in [0.1, 0.15) is 0 Å². The minimum atomic E-state index is -0.0907. The van der Waals surface area contributed by atoms with E-state index < -0.39 is 0 Å². The fourth-order valence-electron chi connectivity index (χ4n) is 3.37. The van der Waals surface area contributed by atoms with Crippen molar-refractivity contribution in [1.82, 2.24) is 0 Å². The van der Waals surface area contributed by atoms with E-state index in [1.54, 1.807) is 0 Å². The Labute approximate surface area is 102 Å². The highest BCUT2D eigenvalue weighted by atomic mass is 16.3. The third-order valence-electron chi connectivity index (χ3n) is 4.18. The zero-order valence-electron chi connectivity index (χ0n) is 10.0. The summed E-state index contributed by atoms with van der Waals surface area (Å²) in [5.41, 5.74) is 8.09. The monoisotopic (exact) mass is 232 g/mol. The van der Waals surface area contributed by atoms with Gasteiger partial charge in [-0.05, 0) is 43.4 Å². The summed E-state index contributed by atoms with van der Waals surface area (Å²) in [4.78, 5) is 2.51. The number of anilines is 1. The van der Waals surface area contributed by atoms with E-state index >= 15 is 0 Å². The number of nitrogens with two attached hydrogens (primary N) is 1. The van der Waals surface area contributed by atoms with Gasteiger partial charge in [0.05, 0.1) is 6.10 Å². The van der Waals surface area contributed by atoms with E-state index in [2.05, 4.69) is 29.2 Å². The molecule has 3 nitrogen and oxygen atoms in total. The fraction of sp³-hybridized carbons (Fsp3) is 0.571. The molecule has 2 heterocycles. The first kappa shape index (κ1) is 11.1. The Hall–Kier alpha value is -1.06. The van der Waals surface area contributed by atoms with E-state index in [9.17, 15) is 5.11 Å². The molecule has 3 heteroatoms. The van der Waals surface area contributed by atoms with Crippen LogP contribution in [0.3, 0.4) is 0 Å². The lowest BCUT2D eigenvalue weighted by atomic mass is 9.99. The van der Waals surface area contributed by atoms with Crippen LogP contribution in [0, 0.1) is 0 Å². The maximum atomic E-state index is 9.79. The molecule has 3 N–H and O–H groups in total. The van der Waals surface area contributed by atoms with Crippen LogP contribution in [-0.2, 0) is 6.54 Å². The summed E-state index contributed by atoms with van der Waals surface area (Å²) >= 11 is 0. The Morgan fingerprint density at radius 1 is 1.12 bits per heavy atom. The van der Waals surface area contributed by atoms with Crippen molar-refractivity contribution in [3.63, 3.8) is 0 Å². The highest BCUT2D eigenvalue weighted by molar-refractivity contribution is 5.51. The van der Waals surface area contributed by atoms with Gasteiger partial charge in [0.25, 0.3) is 0 Å². The number of hydrogen-bond donors (Lipinski definition) is 2. The van der Waals surface area contributed by atoms with Crippen LogP contribution in [0.25, 0.3) is 0 Å². The maximum Gasteiger partial charge on any atom is 0.0579 e. The molecule has 2 unspecified atom stereocenters. The lowest BCUT2D eigenvalue weighted by molar-refractivity contribution is 0.126. The molecule has 0 spiro atoms. The predicted molar refractivity (Wildman–Crippen MR) is 68.9 cm³/mol. The number of aliphatic hydroxyl groups is 1. The molecular weight excluding hydrogens is 212 g/mol. The fourth-order valence-corrected chi connectivity index (χ4v) is 3.37. The molecule has 0 aliphatic carbocycles. The van der Waals surface area contributed by atoms with Gasteiger partial charge in [-0.3, -0.25) is 0 Å². The van der Waals surface area contributed by atoms with Crippen molar-refractivity contribution in [1.29, 1.82) is 0 Å². The normalized spacial score (nSPS) is 31.9. The number of benzene rings is 1. The summed E-state index contributed by atoms with van der Waals surface area (Å²) in [5.74, 6) is 0. The number of fused-ring (bicyclic) bond motifs is 2.